The van der Waals surface area contributed by atoms with Crippen molar-refractivity contribution in [3.8, 4) is 18.1 Å². The molecular formula is C18H23N3O. The molecule has 0 bridgehead atoms. The van der Waals surface area contributed by atoms with Gasteiger partial charge in [-0.3, -0.25) is 0 Å². The third kappa shape index (κ3) is 2.95. The minimum Gasteiger partial charge on any atom is -0.494 e. The molecule has 4 heteroatoms. The van der Waals surface area contributed by atoms with Crippen molar-refractivity contribution in [3.05, 3.63) is 24.0 Å². The Hall–Kier alpha value is -1.99. The van der Waals surface area contributed by atoms with Crippen molar-refractivity contribution in [1.29, 1.82) is 0 Å². The molecule has 0 aliphatic carbocycles. The lowest BCUT2D eigenvalue weighted by Gasteiger charge is -2.22. The van der Waals surface area contributed by atoms with Crippen LogP contribution >= 0.6 is 0 Å². The molecule has 0 atom stereocenters. The Morgan fingerprint density at radius 3 is 2.95 bits per heavy atom. The fourth-order valence-corrected chi connectivity index (χ4v) is 3.09. The third-order valence-electron chi connectivity index (χ3n) is 4.18. The monoisotopic (exact) mass is 297 g/mol. The molecule has 4 nitrogen and oxygen atoms in total. The number of hydrogen-bond donors (Lipinski definition) is 1. The van der Waals surface area contributed by atoms with Gasteiger partial charge in [0.1, 0.15) is 11.6 Å². The molecule has 1 aliphatic heterocycles. The molecule has 0 saturated carbocycles. The second-order valence-electron chi connectivity index (χ2n) is 5.78. The highest BCUT2D eigenvalue weighted by Crippen LogP contribution is 2.29. The van der Waals surface area contributed by atoms with E-state index in [1.165, 1.54) is 0 Å². The lowest BCUT2D eigenvalue weighted by atomic mass is 9.97. The summed E-state index contributed by atoms with van der Waals surface area (Å²) < 4.78 is 7.91. The minimum absolute atomic E-state index is 0.488. The van der Waals surface area contributed by atoms with E-state index in [0.29, 0.717) is 12.5 Å². The molecule has 1 fully saturated rings. The molecule has 2 heterocycles. The molecule has 116 valence electrons. The van der Waals surface area contributed by atoms with Crippen LogP contribution in [0.4, 0.5) is 0 Å². The Labute approximate surface area is 131 Å². The summed E-state index contributed by atoms with van der Waals surface area (Å²) in [6.07, 6.45) is 8.81. The van der Waals surface area contributed by atoms with Crippen molar-refractivity contribution in [2.75, 3.05) is 19.7 Å². The normalized spacial score (nSPS) is 15.8. The largest absolute Gasteiger partial charge is 0.494 e. The zero-order valence-corrected chi connectivity index (χ0v) is 13.1. The molecule has 3 rings (SSSR count). The van der Waals surface area contributed by atoms with Crippen molar-refractivity contribution < 1.29 is 4.74 Å². The number of hydrogen-bond acceptors (Lipinski definition) is 3. The predicted molar refractivity (Wildman–Crippen MR) is 89.2 cm³/mol. The molecule has 22 heavy (non-hydrogen) atoms. The van der Waals surface area contributed by atoms with Gasteiger partial charge in [-0.2, -0.15) is 0 Å². The average molecular weight is 297 g/mol. The number of benzene rings is 1. The van der Waals surface area contributed by atoms with Crippen LogP contribution in [-0.4, -0.2) is 29.2 Å². The zero-order valence-electron chi connectivity index (χ0n) is 13.1. The van der Waals surface area contributed by atoms with Crippen molar-refractivity contribution in [2.45, 2.75) is 38.6 Å². The summed E-state index contributed by atoms with van der Waals surface area (Å²) in [5, 5.41) is 3.40. The topological polar surface area (TPSA) is 39.1 Å². The van der Waals surface area contributed by atoms with Crippen LogP contribution in [-0.2, 0) is 6.54 Å². The maximum absolute atomic E-state index is 5.72. The zero-order chi connectivity index (χ0) is 15.4. The molecule has 1 aromatic heterocycles. The first kappa shape index (κ1) is 14.9. The molecule has 0 unspecified atom stereocenters. The number of nitrogens with one attached hydrogen (secondary N) is 1. The first-order chi connectivity index (χ1) is 10.8. The molecule has 0 radical (unpaired) electrons. The number of nitrogens with zero attached hydrogens (tertiary/aromatic N) is 2. The number of rotatable bonds is 5. The number of aromatic nitrogens is 2. The van der Waals surface area contributed by atoms with E-state index in [0.717, 1.165) is 61.6 Å². The molecule has 1 saturated heterocycles. The molecule has 1 aromatic carbocycles. The highest BCUT2D eigenvalue weighted by Gasteiger charge is 2.22. The standard InChI is InChI=1S/C18H23N3O/c1-3-11-21-17-6-5-15(22-12-4-2)13-16(17)20-18(21)14-7-9-19-10-8-14/h1,5-6,13-14,19H,4,7-12H2,2H3. The van der Waals surface area contributed by atoms with Crippen LogP contribution in [0.5, 0.6) is 5.75 Å². The predicted octanol–water partition coefficient (Wildman–Crippen LogP) is 2.93. The summed E-state index contributed by atoms with van der Waals surface area (Å²) in [6.45, 7) is 5.52. The molecule has 2 aromatic rings. The van der Waals surface area contributed by atoms with Gasteiger partial charge in [0, 0.05) is 12.0 Å². The lowest BCUT2D eigenvalue weighted by molar-refractivity contribution is 0.318. The van der Waals surface area contributed by atoms with Gasteiger partial charge in [-0.15, -0.1) is 6.42 Å². The Morgan fingerprint density at radius 1 is 1.41 bits per heavy atom. The van der Waals surface area contributed by atoms with Gasteiger partial charge in [-0.1, -0.05) is 12.8 Å². The number of piperidine rings is 1. The van der Waals surface area contributed by atoms with E-state index >= 15 is 0 Å². The quantitative estimate of drug-likeness (QED) is 0.863. The van der Waals surface area contributed by atoms with E-state index in [9.17, 15) is 0 Å². The number of terminal acetylenes is 1. The van der Waals surface area contributed by atoms with Crippen molar-refractivity contribution in [3.63, 3.8) is 0 Å². The molecule has 0 spiro atoms. The Morgan fingerprint density at radius 2 is 2.23 bits per heavy atom. The molecule has 1 aliphatic rings. The van der Waals surface area contributed by atoms with Gasteiger partial charge in [0.25, 0.3) is 0 Å². The second-order valence-corrected chi connectivity index (χ2v) is 5.78. The maximum Gasteiger partial charge on any atom is 0.121 e. The SMILES string of the molecule is C#CCn1c(C2CCNCC2)nc2cc(OCCC)ccc21. The highest BCUT2D eigenvalue weighted by molar-refractivity contribution is 5.78. The van der Waals surface area contributed by atoms with Gasteiger partial charge >= 0.3 is 0 Å². The van der Waals surface area contributed by atoms with E-state index in [2.05, 4.69) is 28.8 Å². The second kappa shape index (κ2) is 6.85. The molecule has 0 amide bonds. The van der Waals surface area contributed by atoms with E-state index in [1.807, 2.05) is 12.1 Å². The van der Waals surface area contributed by atoms with E-state index in [4.69, 9.17) is 16.1 Å². The lowest BCUT2D eigenvalue weighted by Crippen LogP contribution is -2.28. The van der Waals surface area contributed by atoms with Crippen LogP contribution in [0.3, 0.4) is 0 Å². The fourth-order valence-electron chi connectivity index (χ4n) is 3.09. The van der Waals surface area contributed by atoms with Gasteiger partial charge in [-0.05, 0) is 44.5 Å². The summed E-state index contributed by atoms with van der Waals surface area (Å²) >= 11 is 0. The number of imidazole rings is 1. The van der Waals surface area contributed by atoms with Gasteiger partial charge < -0.3 is 14.6 Å². The van der Waals surface area contributed by atoms with Gasteiger partial charge in [0.2, 0.25) is 0 Å². The van der Waals surface area contributed by atoms with Gasteiger partial charge in [0.15, 0.2) is 0 Å². The smallest absolute Gasteiger partial charge is 0.121 e. The average Bonchev–Trinajstić information content (AvgIpc) is 2.92. The van der Waals surface area contributed by atoms with Crippen LogP contribution in [0.1, 0.15) is 37.9 Å². The Bertz CT molecular complexity index is 677. The minimum atomic E-state index is 0.488. The number of ether oxygens (including phenoxy) is 1. The van der Waals surface area contributed by atoms with Crippen LogP contribution < -0.4 is 10.1 Å². The Kier molecular flexibility index (Phi) is 4.65. The van der Waals surface area contributed by atoms with Crippen LogP contribution in [0.15, 0.2) is 18.2 Å². The molecule has 1 N–H and O–H groups in total. The summed E-state index contributed by atoms with van der Waals surface area (Å²) in [5.74, 6) is 5.27. The van der Waals surface area contributed by atoms with Crippen molar-refractivity contribution >= 4 is 11.0 Å². The van der Waals surface area contributed by atoms with Crippen LogP contribution in [0, 0.1) is 12.3 Å². The summed E-state index contributed by atoms with van der Waals surface area (Å²) in [4.78, 5) is 4.88. The Balaban J connectivity index is 1.99. The van der Waals surface area contributed by atoms with E-state index < -0.39 is 0 Å². The first-order valence-corrected chi connectivity index (χ1v) is 8.10. The summed E-state index contributed by atoms with van der Waals surface area (Å²) in [7, 11) is 0. The summed E-state index contributed by atoms with van der Waals surface area (Å²) in [5.41, 5.74) is 2.09. The summed E-state index contributed by atoms with van der Waals surface area (Å²) in [6, 6.07) is 6.12. The van der Waals surface area contributed by atoms with Gasteiger partial charge in [0.05, 0.1) is 24.2 Å². The van der Waals surface area contributed by atoms with Crippen LogP contribution in [0.25, 0.3) is 11.0 Å². The highest BCUT2D eigenvalue weighted by atomic mass is 16.5. The van der Waals surface area contributed by atoms with Crippen molar-refractivity contribution in [1.82, 2.24) is 14.9 Å². The van der Waals surface area contributed by atoms with Gasteiger partial charge in [-0.25, -0.2) is 4.98 Å². The van der Waals surface area contributed by atoms with E-state index in [1.54, 1.807) is 0 Å². The third-order valence-corrected chi connectivity index (χ3v) is 4.18. The van der Waals surface area contributed by atoms with Crippen molar-refractivity contribution in [2.24, 2.45) is 0 Å². The first-order valence-electron chi connectivity index (χ1n) is 8.10. The fraction of sp³-hybridized carbons (Fsp3) is 0.500. The van der Waals surface area contributed by atoms with E-state index in [-0.39, 0.29) is 0 Å². The maximum atomic E-state index is 5.72. The van der Waals surface area contributed by atoms with Crippen LogP contribution in [0.2, 0.25) is 0 Å². The number of fused-ring (bicyclic) bond motifs is 1. The molecular weight excluding hydrogens is 274 g/mol.